The van der Waals surface area contributed by atoms with Crippen molar-refractivity contribution in [2.24, 2.45) is 10.2 Å². The van der Waals surface area contributed by atoms with Crippen LogP contribution in [-0.2, 0) is 4.74 Å². The van der Waals surface area contributed by atoms with Gasteiger partial charge in [-0.3, -0.25) is 0 Å². The minimum absolute atomic E-state index is 0.207. The fourth-order valence-corrected chi connectivity index (χ4v) is 2.54. The molecule has 1 aromatic rings. The SMILES string of the molecule is C/C(=N\N=C(\[Se])N1CC(C)OC(C)C1)c1ccccn1. The molecule has 5 nitrogen and oxygen atoms in total. The molecule has 0 saturated carbocycles. The summed E-state index contributed by atoms with van der Waals surface area (Å²) in [5, 5.41) is 8.52. The third kappa shape index (κ3) is 4.13. The van der Waals surface area contributed by atoms with Crippen LogP contribution in [0.3, 0.4) is 0 Å². The van der Waals surface area contributed by atoms with E-state index in [1.807, 2.05) is 25.1 Å². The van der Waals surface area contributed by atoms with Crippen LogP contribution in [0, 0.1) is 0 Å². The van der Waals surface area contributed by atoms with Crippen molar-refractivity contribution in [2.75, 3.05) is 13.1 Å². The monoisotopic (exact) mass is 339 g/mol. The van der Waals surface area contributed by atoms with Crippen LogP contribution in [0.4, 0.5) is 0 Å². The third-order valence-corrected chi connectivity index (χ3v) is 3.72. The van der Waals surface area contributed by atoms with E-state index in [0.29, 0.717) is 0 Å². The minimum atomic E-state index is 0.207. The Hall–Kier alpha value is -1.23. The van der Waals surface area contributed by atoms with Gasteiger partial charge in [0, 0.05) is 0 Å². The van der Waals surface area contributed by atoms with Gasteiger partial charge in [0.2, 0.25) is 0 Å². The zero-order chi connectivity index (χ0) is 14.5. The van der Waals surface area contributed by atoms with Gasteiger partial charge in [0.15, 0.2) is 0 Å². The van der Waals surface area contributed by atoms with Gasteiger partial charge >= 0.3 is 127 Å². The molecule has 1 aliphatic rings. The summed E-state index contributed by atoms with van der Waals surface area (Å²) in [5.41, 5.74) is 1.64. The van der Waals surface area contributed by atoms with Gasteiger partial charge in [-0.15, -0.1) is 0 Å². The molecule has 0 spiro atoms. The molecule has 2 rings (SSSR count). The van der Waals surface area contributed by atoms with E-state index in [0.717, 1.165) is 29.2 Å². The number of hydrogen-bond donors (Lipinski definition) is 0. The van der Waals surface area contributed by atoms with Gasteiger partial charge in [0.25, 0.3) is 0 Å². The van der Waals surface area contributed by atoms with Crippen molar-refractivity contribution in [3.05, 3.63) is 30.1 Å². The summed E-state index contributed by atoms with van der Waals surface area (Å²) in [6.45, 7) is 7.70. The predicted molar refractivity (Wildman–Crippen MR) is 81.2 cm³/mol. The van der Waals surface area contributed by atoms with Crippen molar-refractivity contribution in [1.82, 2.24) is 9.88 Å². The molecule has 0 amide bonds. The summed E-state index contributed by atoms with van der Waals surface area (Å²) in [6.07, 6.45) is 2.17. The van der Waals surface area contributed by atoms with Crippen molar-refractivity contribution < 1.29 is 4.74 Å². The molecular weight excluding hydrogens is 319 g/mol. The van der Waals surface area contributed by atoms with Gasteiger partial charge in [0.1, 0.15) is 0 Å². The van der Waals surface area contributed by atoms with Crippen LogP contribution in [-0.4, -0.2) is 61.6 Å². The Labute approximate surface area is 127 Å². The van der Waals surface area contributed by atoms with Crippen LogP contribution in [0.1, 0.15) is 26.5 Å². The average molecular weight is 338 g/mol. The number of aromatic nitrogens is 1. The Balaban J connectivity index is 2.06. The van der Waals surface area contributed by atoms with Crippen molar-refractivity contribution in [1.29, 1.82) is 0 Å². The average Bonchev–Trinajstić information content (AvgIpc) is 2.44. The molecule has 6 heteroatoms. The van der Waals surface area contributed by atoms with Gasteiger partial charge < -0.3 is 0 Å². The first-order valence-electron chi connectivity index (χ1n) is 6.67. The van der Waals surface area contributed by atoms with E-state index in [-0.39, 0.29) is 12.2 Å². The maximum absolute atomic E-state index is 5.71. The van der Waals surface area contributed by atoms with Crippen LogP contribution < -0.4 is 0 Å². The summed E-state index contributed by atoms with van der Waals surface area (Å²) in [6, 6.07) is 5.75. The number of rotatable bonds is 2. The number of morpholine rings is 1. The van der Waals surface area contributed by atoms with Crippen LogP contribution in [0.25, 0.3) is 0 Å². The Kier molecular flexibility index (Phi) is 5.29. The molecule has 2 unspecified atom stereocenters. The number of amidine groups is 1. The maximum atomic E-state index is 5.71. The quantitative estimate of drug-likeness (QED) is 0.355. The summed E-state index contributed by atoms with van der Waals surface area (Å²) in [7, 11) is 0. The Morgan fingerprint density at radius 1 is 1.30 bits per heavy atom. The Morgan fingerprint density at radius 2 is 2.00 bits per heavy atom. The second-order valence-corrected chi connectivity index (χ2v) is 5.71. The van der Waals surface area contributed by atoms with Crippen LogP contribution in [0.5, 0.6) is 0 Å². The van der Waals surface area contributed by atoms with Crippen molar-refractivity contribution >= 4 is 26.5 Å². The van der Waals surface area contributed by atoms with Crippen molar-refractivity contribution in [2.45, 2.75) is 33.0 Å². The van der Waals surface area contributed by atoms with Gasteiger partial charge in [0.05, 0.1) is 0 Å². The molecule has 1 saturated heterocycles. The van der Waals surface area contributed by atoms with Crippen LogP contribution >= 0.6 is 0 Å². The van der Waals surface area contributed by atoms with Gasteiger partial charge in [-0.05, 0) is 0 Å². The predicted octanol–water partition coefficient (Wildman–Crippen LogP) is 1.44. The molecule has 0 bridgehead atoms. The summed E-state index contributed by atoms with van der Waals surface area (Å²) in [5.74, 6) is 0. The van der Waals surface area contributed by atoms with E-state index in [2.05, 4.69) is 49.9 Å². The van der Waals surface area contributed by atoms with E-state index in [1.54, 1.807) is 6.20 Å². The van der Waals surface area contributed by atoms with E-state index >= 15 is 0 Å². The van der Waals surface area contributed by atoms with E-state index in [4.69, 9.17) is 4.74 Å². The molecule has 2 atom stereocenters. The first-order chi connectivity index (χ1) is 9.56. The molecule has 0 N–H and O–H groups in total. The molecule has 1 aromatic heterocycles. The fraction of sp³-hybridized carbons (Fsp3) is 0.500. The second kappa shape index (κ2) is 6.97. The van der Waals surface area contributed by atoms with Crippen LogP contribution in [0.2, 0.25) is 0 Å². The first-order valence-corrected chi connectivity index (χ1v) is 7.53. The second-order valence-electron chi connectivity index (χ2n) is 4.95. The van der Waals surface area contributed by atoms with E-state index in [9.17, 15) is 0 Å². The fourth-order valence-electron chi connectivity index (χ4n) is 2.14. The van der Waals surface area contributed by atoms with Crippen molar-refractivity contribution in [3.63, 3.8) is 0 Å². The summed E-state index contributed by atoms with van der Waals surface area (Å²) < 4.78 is 6.50. The zero-order valence-corrected chi connectivity index (χ0v) is 13.7. The third-order valence-electron chi connectivity index (χ3n) is 3.01. The zero-order valence-electron chi connectivity index (χ0n) is 12.0. The Morgan fingerprint density at radius 3 is 2.60 bits per heavy atom. The number of pyridine rings is 1. The first kappa shape index (κ1) is 15.2. The molecule has 0 aromatic carbocycles. The Bertz CT molecular complexity index is 493. The standard InChI is InChI=1S/C14H19N4OSe/c1-10-8-18(9-11(2)19-10)14(20)17-16-12(3)13-6-4-5-7-15-13/h4-7,10-11H,8-9H2,1-3H3/b16-12+,17-14+. The van der Waals surface area contributed by atoms with Gasteiger partial charge in [-0.2, -0.15) is 0 Å². The van der Waals surface area contributed by atoms with Gasteiger partial charge in [-0.25, -0.2) is 0 Å². The molecule has 20 heavy (non-hydrogen) atoms. The molecule has 1 radical (unpaired) electrons. The van der Waals surface area contributed by atoms with Crippen molar-refractivity contribution in [3.8, 4) is 0 Å². The molecule has 1 fully saturated rings. The molecule has 1 aliphatic heterocycles. The topological polar surface area (TPSA) is 50.1 Å². The molecular formula is C14H19N4OSe. The summed E-state index contributed by atoms with van der Waals surface area (Å²) in [4.78, 5) is 6.41. The molecule has 0 aliphatic carbocycles. The summed E-state index contributed by atoms with van der Waals surface area (Å²) >= 11 is 2.99. The van der Waals surface area contributed by atoms with Crippen LogP contribution in [0.15, 0.2) is 34.6 Å². The van der Waals surface area contributed by atoms with Gasteiger partial charge in [-0.1, -0.05) is 0 Å². The number of nitrogens with zero attached hydrogens (tertiary/aromatic N) is 4. The number of ether oxygens (including phenoxy) is 1. The number of hydrogen-bond acceptors (Lipinski definition) is 4. The van der Waals surface area contributed by atoms with E-state index < -0.39 is 0 Å². The van der Waals surface area contributed by atoms with E-state index in [1.165, 1.54) is 0 Å². The normalized spacial score (nSPS) is 24.9. The molecule has 2 heterocycles. The molecule has 107 valence electrons.